The predicted molar refractivity (Wildman–Crippen MR) is 59.7 cm³/mol. The first-order valence-electron chi connectivity index (χ1n) is 4.83. The molecule has 0 bridgehead atoms. The lowest BCUT2D eigenvalue weighted by molar-refractivity contribution is -0.151. The molecule has 0 unspecified atom stereocenters. The molecular weight excluding hydrogens is 226 g/mol. The van der Waals surface area contributed by atoms with Crippen molar-refractivity contribution >= 4 is 11.9 Å². The summed E-state index contributed by atoms with van der Waals surface area (Å²) in [6.45, 7) is 4.95. The number of hydrogen-bond donors (Lipinski definition) is 0. The normalized spacial score (nSPS) is 11.4. The Balaban J connectivity index is 4.53. The van der Waals surface area contributed by atoms with E-state index in [1.54, 1.807) is 20.8 Å². The van der Waals surface area contributed by atoms with Crippen LogP contribution in [-0.4, -0.2) is 25.7 Å². The molecule has 0 aromatic rings. The van der Waals surface area contributed by atoms with Gasteiger partial charge in [0.2, 0.25) is 0 Å². The van der Waals surface area contributed by atoms with Crippen LogP contribution in [0.2, 0.25) is 0 Å². The van der Waals surface area contributed by atoms with Crippen LogP contribution in [0.3, 0.4) is 0 Å². The third-order valence-electron chi connectivity index (χ3n) is 1.65. The van der Waals surface area contributed by atoms with Crippen molar-refractivity contribution in [1.29, 1.82) is 0 Å². The van der Waals surface area contributed by atoms with Gasteiger partial charge >= 0.3 is 11.9 Å². The molecule has 0 aromatic heterocycles. The predicted octanol–water partition coefficient (Wildman–Crippen LogP) is 1.94. The number of nitrogens with zero attached hydrogens (tertiary/aromatic N) is 3. The van der Waals surface area contributed by atoms with Crippen LogP contribution in [0.1, 0.15) is 20.8 Å². The number of carbonyl (C=O) groups is 2. The number of hydrogen-bond acceptors (Lipinski definition) is 5. The average Bonchev–Trinajstić information content (AvgIpc) is 2.25. The van der Waals surface area contributed by atoms with Crippen molar-refractivity contribution < 1.29 is 19.1 Å². The van der Waals surface area contributed by atoms with Gasteiger partial charge in [-0.15, -0.1) is 0 Å². The second-order valence-electron chi connectivity index (χ2n) is 4.12. The minimum Gasteiger partial charge on any atom is -0.466 e. The Kier molecular flexibility index (Phi) is 5.77. The van der Waals surface area contributed by atoms with Gasteiger partial charge in [-0.1, -0.05) is 5.11 Å². The molecule has 7 heteroatoms. The lowest BCUT2D eigenvalue weighted by Gasteiger charge is -2.15. The van der Waals surface area contributed by atoms with Crippen LogP contribution in [0.15, 0.2) is 16.9 Å². The summed E-state index contributed by atoms with van der Waals surface area (Å²) in [7, 11) is 1.16. The van der Waals surface area contributed by atoms with Crippen LogP contribution >= 0.6 is 0 Å². The molecule has 0 saturated heterocycles. The molecule has 0 aliphatic carbocycles. The highest BCUT2D eigenvalue weighted by Crippen LogP contribution is 2.15. The highest BCUT2D eigenvalue weighted by molar-refractivity contribution is 5.87. The van der Waals surface area contributed by atoms with E-state index in [4.69, 9.17) is 10.3 Å². The SMILES string of the molecule is COC(=O)C(=CCOC(=O)C(C)(C)C)N=[N+]=[N-]. The van der Waals surface area contributed by atoms with Crippen LogP contribution in [0.25, 0.3) is 10.4 Å². The van der Waals surface area contributed by atoms with Crippen molar-refractivity contribution in [3.8, 4) is 0 Å². The van der Waals surface area contributed by atoms with Gasteiger partial charge in [-0.2, -0.15) is 0 Å². The second kappa shape index (κ2) is 6.55. The second-order valence-corrected chi connectivity index (χ2v) is 4.12. The molecule has 0 amide bonds. The zero-order chi connectivity index (χ0) is 13.5. The van der Waals surface area contributed by atoms with Gasteiger partial charge < -0.3 is 9.47 Å². The Hall–Kier alpha value is -2.01. The lowest BCUT2D eigenvalue weighted by Crippen LogP contribution is -2.23. The monoisotopic (exact) mass is 241 g/mol. The third-order valence-corrected chi connectivity index (χ3v) is 1.65. The molecular formula is C10H15N3O4. The molecule has 0 radical (unpaired) electrons. The van der Waals surface area contributed by atoms with E-state index in [2.05, 4.69) is 14.8 Å². The highest BCUT2D eigenvalue weighted by atomic mass is 16.5. The standard InChI is InChI=1S/C10H15N3O4/c1-10(2,3)9(15)17-6-5-7(12-13-11)8(14)16-4/h5H,6H2,1-4H3. The molecule has 0 rings (SSSR count). The fraction of sp³-hybridized carbons (Fsp3) is 0.600. The van der Waals surface area contributed by atoms with E-state index in [1.165, 1.54) is 6.08 Å². The van der Waals surface area contributed by atoms with Crippen LogP contribution in [-0.2, 0) is 19.1 Å². The van der Waals surface area contributed by atoms with Gasteiger partial charge in [-0.3, -0.25) is 4.79 Å². The van der Waals surface area contributed by atoms with E-state index in [0.717, 1.165) is 7.11 Å². The highest BCUT2D eigenvalue weighted by Gasteiger charge is 2.22. The average molecular weight is 241 g/mol. The zero-order valence-corrected chi connectivity index (χ0v) is 10.3. The molecule has 0 fully saturated rings. The van der Waals surface area contributed by atoms with E-state index >= 15 is 0 Å². The molecule has 0 spiro atoms. The van der Waals surface area contributed by atoms with E-state index in [9.17, 15) is 9.59 Å². The summed E-state index contributed by atoms with van der Waals surface area (Å²) in [5.74, 6) is -1.20. The molecule has 0 atom stereocenters. The molecule has 0 saturated carbocycles. The summed E-state index contributed by atoms with van der Waals surface area (Å²) in [5, 5.41) is 3.13. The van der Waals surface area contributed by atoms with Gasteiger partial charge in [0.1, 0.15) is 12.3 Å². The quantitative estimate of drug-likeness (QED) is 0.247. The Morgan fingerprint density at radius 2 is 2.00 bits per heavy atom. The van der Waals surface area contributed by atoms with Crippen LogP contribution in [0.4, 0.5) is 0 Å². The maximum absolute atomic E-state index is 11.4. The first-order valence-corrected chi connectivity index (χ1v) is 4.83. The van der Waals surface area contributed by atoms with E-state index in [1.807, 2.05) is 0 Å². The molecule has 0 aliphatic heterocycles. The summed E-state index contributed by atoms with van der Waals surface area (Å²) in [5.41, 5.74) is 7.35. The topological polar surface area (TPSA) is 101 Å². The number of carbonyl (C=O) groups excluding carboxylic acids is 2. The number of rotatable bonds is 4. The van der Waals surface area contributed by atoms with Crippen LogP contribution in [0, 0.1) is 5.41 Å². The fourth-order valence-corrected chi connectivity index (χ4v) is 0.731. The molecule has 94 valence electrons. The summed E-state index contributed by atoms with van der Waals surface area (Å²) < 4.78 is 9.25. The maximum atomic E-state index is 11.4. The lowest BCUT2D eigenvalue weighted by atomic mass is 9.97. The van der Waals surface area contributed by atoms with Gasteiger partial charge in [-0.05, 0) is 32.4 Å². The molecule has 0 aromatic carbocycles. The minimum absolute atomic E-state index is 0.153. The smallest absolute Gasteiger partial charge is 0.340 e. The van der Waals surface area contributed by atoms with Gasteiger partial charge in [0.15, 0.2) is 0 Å². The number of azide groups is 1. The summed E-state index contributed by atoms with van der Waals surface area (Å²) in [4.78, 5) is 24.9. The number of ether oxygens (including phenoxy) is 2. The Bertz CT molecular complexity index is 376. The van der Waals surface area contributed by atoms with Crippen LogP contribution in [0.5, 0.6) is 0 Å². The van der Waals surface area contributed by atoms with Crippen molar-refractivity contribution in [2.45, 2.75) is 20.8 Å². The molecule has 17 heavy (non-hydrogen) atoms. The first-order chi connectivity index (χ1) is 7.82. The van der Waals surface area contributed by atoms with Gasteiger partial charge in [0, 0.05) is 4.91 Å². The zero-order valence-electron chi connectivity index (χ0n) is 10.3. The third kappa shape index (κ3) is 5.58. The minimum atomic E-state index is -0.783. The van der Waals surface area contributed by atoms with Gasteiger partial charge in [0.05, 0.1) is 12.5 Å². The molecule has 0 N–H and O–H groups in total. The molecule has 0 aliphatic rings. The summed E-state index contributed by atoms with van der Waals surface area (Å²) >= 11 is 0. The van der Waals surface area contributed by atoms with Crippen LogP contribution < -0.4 is 0 Å². The van der Waals surface area contributed by atoms with Crippen molar-refractivity contribution in [2.24, 2.45) is 10.5 Å². The largest absolute Gasteiger partial charge is 0.466 e. The van der Waals surface area contributed by atoms with Gasteiger partial charge in [0.25, 0.3) is 0 Å². The van der Waals surface area contributed by atoms with Gasteiger partial charge in [-0.25, -0.2) is 4.79 Å². The molecule has 0 heterocycles. The fourth-order valence-electron chi connectivity index (χ4n) is 0.731. The van der Waals surface area contributed by atoms with E-state index in [-0.39, 0.29) is 12.3 Å². The Morgan fingerprint density at radius 3 is 2.41 bits per heavy atom. The van der Waals surface area contributed by atoms with Crippen molar-refractivity contribution in [3.05, 3.63) is 22.2 Å². The summed E-state index contributed by atoms with van der Waals surface area (Å²) in [6, 6.07) is 0. The number of esters is 2. The van der Waals surface area contributed by atoms with Crippen molar-refractivity contribution in [1.82, 2.24) is 0 Å². The first kappa shape index (κ1) is 15.0. The van der Waals surface area contributed by atoms with Crippen molar-refractivity contribution in [2.75, 3.05) is 13.7 Å². The Morgan fingerprint density at radius 1 is 1.41 bits per heavy atom. The Labute approximate surface area is 99.0 Å². The van der Waals surface area contributed by atoms with E-state index in [0.29, 0.717) is 0 Å². The maximum Gasteiger partial charge on any atom is 0.340 e. The molecule has 7 nitrogen and oxygen atoms in total. The number of methoxy groups -OCH3 is 1. The summed E-state index contributed by atoms with van der Waals surface area (Å²) in [6.07, 6.45) is 1.19. The van der Waals surface area contributed by atoms with E-state index < -0.39 is 17.4 Å². The van der Waals surface area contributed by atoms with Crippen molar-refractivity contribution in [3.63, 3.8) is 0 Å².